The highest BCUT2D eigenvalue weighted by Crippen LogP contribution is 2.24. The quantitative estimate of drug-likeness (QED) is 0.760. The highest BCUT2D eigenvalue weighted by molar-refractivity contribution is 6.31. The zero-order valence-corrected chi connectivity index (χ0v) is 13.7. The molecule has 6 heteroatoms. The van der Waals surface area contributed by atoms with Gasteiger partial charge >= 0.3 is 0 Å². The summed E-state index contributed by atoms with van der Waals surface area (Å²) in [6, 6.07) is 16.2. The second-order valence-corrected chi connectivity index (χ2v) is 5.77. The fraction of sp³-hybridized carbons (Fsp3) is 0.111. The van der Waals surface area contributed by atoms with Crippen LogP contribution >= 0.6 is 11.6 Å². The zero-order chi connectivity index (χ0) is 17.1. The largest absolute Gasteiger partial charge is 0.504 e. The van der Waals surface area contributed by atoms with Crippen molar-refractivity contribution in [2.75, 3.05) is 0 Å². The minimum Gasteiger partial charge on any atom is -0.504 e. The molecule has 0 aliphatic rings. The molecule has 2 aromatic carbocycles. The third kappa shape index (κ3) is 3.26. The van der Waals surface area contributed by atoms with Crippen LogP contribution in [0, 0.1) is 0 Å². The smallest absolute Gasteiger partial charge is 0.276 e. The number of para-hydroxylation sites is 1. The van der Waals surface area contributed by atoms with Crippen molar-refractivity contribution in [3.05, 3.63) is 77.1 Å². The van der Waals surface area contributed by atoms with Gasteiger partial charge in [-0.05, 0) is 30.7 Å². The summed E-state index contributed by atoms with van der Waals surface area (Å²) in [5.41, 5.74) is 1.53. The second-order valence-electron chi connectivity index (χ2n) is 5.36. The normalized spacial score (nSPS) is 11.9. The van der Waals surface area contributed by atoms with E-state index >= 15 is 0 Å². The van der Waals surface area contributed by atoms with Gasteiger partial charge in [0.25, 0.3) is 5.91 Å². The van der Waals surface area contributed by atoms with Gasteiger partial charge < -0.3 is 10.4 Å². The Morgan fingerprint density at radius 2 is 1.83 bits per heavy atom. The Bertz CT molecular complexity index is 862. The molecule has 3 rings (SSSR count). The molecule has 0 bridgehead atoms. The Labute approximate surface area is 144 Å². The Morgan fingerprint density at radius 1 is 1.17 bits per heavy atom. The van der Waals surface area contributed by atoms with E-state index in [9.17, 15) is 9.90 Å². The number of hydrogen-bond acceptors (Lipinski definition) is 3. The summed E-state index contributed by atoms with van der Waals surface area (Å²) in [6.07, 6.45) is 1.41. The minimum atomic E-state index is -0.463. The first-order chi connectivity index (χ1) is 11.6. The van der Waals surface area contributed by atoms with Gasteiger partial charge in [0.2, 0.25) is 0 Å². The molecule has 0 aliphatic heterocycles. The van der Waals surface area contributed by atoms with Crippen LogP contribution in [-0.2, 0) is 0 Å². The first kappa shape index (κ1) is 16.1. The monoisotopic (exact) mass is 341 g/mol. The molecule has 5 nitrogen and oxygen atoms in total. The van der Waals surface area contributed by atoms with Gasteiger partial charge in [0, 0.05) is 5.02 Å². The van der Waals surface area contributed by atoms with Gasteiger partial charge in [0.05, 0.1) is 17.9 Å². The number of amides is 1. The summed E-state index contributed by atoms with van der Waals surface area (Å²) in [5, 5.41) is 17.6. The van der Waals surface area contributed by atoms with E-state index in [-0.39, 0.29) is 17.5 Å². The van der Waals surface area contributed by atoms with Crippen molar-refractivity contribution >= 4 is 17.5 Å². The number of halogens is 1. The van der Waals surface area contributed by atoms with E-state index in [1.165, 1.54) is 10.9 Å². The Balaban J connectivity index is 1.81. The number of carbonyl (C=O) groups is 1. The molecule has 1 amide bonds. The number of carbonyl (C=O) groups excluding carboxylic acids is 1. The molecule has 24 heavy (non-hydrogen) atoms. The van der Waals surface area contributed by atoms with Crippen molar-refractivity contribution in [3.63, 3.8) is 0 Å². The Morgan fingerprint density at radius 3 is 2.54 bits per heavy atom. The molecule has 2 N–H and O–H groups in total. The maximum Gasteiger partial charge on any atom is 0.276 e. The molecule has 3 aromatic rings. The minimum absolute atomic E-state index is 0.0299. The summed E-state index contributed by atoms with van der Waals surface area (Å²) in [7, 11) is 0. The predicted molar refractivity (Wildman–Crippen MR) is 92.6 cm³/mol. The third-order valence-corrected chi connectivity index (χ3v) is 3.99. The molecular formula is C18H16ClN3O2. The first-order valence-electron chi connectivity index (χ1n) is 7.45. The van der Waals surface area contributed by atoms with Gasteiger partial charge in [0.15, 0.2) is 11.4 Å². The van der Waals surface area contributed by atoms with Crippen molar-refractivity contribution in [3.8, 4) is 11.4 Å². The number of aromatic nitrogens is 2. The molecule has 0 saturated heterocycles. The van der Waals surface area contributed by atoms with Gasteiger partial charge in [-0.2, -0.15) is 5.10 Å². The molecular weight excluding hydrogens is 326 g/mol. The molecule has 0 fully saturated rings. The fourth-order valence-electron chi connectivity index (χ4n) is 2.41. The van der Waals surface area contributed by atoms with E-state index in [1.54, 1.807) is 6.07 Å². The van der Waals surface area contributed by atoms with Gasteiger partial charge in [-0.15, -0.1) is 0 Å². The number of aromatic hydroxyl groups is 1. The number of nitrogens with one attached hydrogen (secondary N) is 1. The standard InChI is InChI=1S/C18H16ClN3O2/c1-12(14-9-5-6-10-15(14)19)20-18(24)17-16(23)11-22(21-17)13-7-3-2-4-8-13/h2-12,23H,1H3,(H,20,24). The van der Waals surface area contributed by atoms with Crippen LogP contribution in [0.2, 0.25) is 5.02 Å². The van der Waals surface area contributed by atoms with Crippen molar-refractivity contribution in [2.45, 2.75) is 13.0 Å². The Kier molecular flexibility index (Phi) is 4.53. The summed E-state index contributed by atoms with van der Waals surface area (Å²) in [4.78, 5) is 12.4. The van der Waals surface area contributed by atoms with Crippen LogP contribution in [0.5, 0.6) is 5.75 Å². The van der Waals surface area contributed by atoms with Crippen LogP contribution < -0.4 is 5.32 Å². The van der Waals surface area contributed by atoms with Gasteiger partial charge in [-0.3, -0.25) is 4.79 Å². The average Bonchev–Trinajstić information content (AvgIpc) is 2.98. The topological polar surface area (TPSA) is 67.2 Å². The van der Waals surface area contributed by atoms with Crippen LogP contribution in [0.25, 0.3) is 5.69 Å². The van der Waals surface area contributed by atoms with Crippen molar-refractivity contribution in [2.24, 2.45) is 0 Å². The van der Waals surface area contributed by atoms with Crippen LogP contribution in [0.4, 0.5) is 0 Å². The molecule has 0 saturated carbocycles. The molecule has 1 aromatic heterocycles. The lowest BCUT2D eigenvalue weighted by Gasteiger charge is -2.14. The first-order valence-corrected chi connectivity index (χ1v) is 7.83. The van der Waals surface area contributed by atoms with Crippen LogP contribution in [0.15, 0.2) is 60.8 Å². The number of benzene rings is 2. The fourth-order valence-corrected chi connectivity index (χ4v) is 2.71. The van der Waals surface area contributed by atoms with Crippen LogP contribution in [0.1, 0.15) is 29.0 Å². The van der Waals surface area contributed by atoms with E-state index in [0.717, 1.165) is 11.3 Å². The molecule has 1 unspecified atom stereocenters. The zero-order valence-electron chi connectivity index (χ0n) is 13.0. The molecule has 1 atom stereocenters. The highest BCUT2D eigenvalue weighted by atomic mass is 35.5. The highest BCUT2D eigenvalue weighted by Gasteiger charge is 2.20. The predicted octanol–water partition coefficient (Wildman–Crippen LogP) is 3.72. The van der Waals surface area contributed by atoms with Gasteiger partial charge in [-0.25, -0.2) is 4.68 Å². The maximum absolute atomic E-state index is 12.4. The summed E-state index contributed by atoms with van der Waals surface area (Å²) < 4.78 is 1.46. The van der Waals surface area contributed by atoms with E-state index in [2.05, 4.69) is 10.4 Å². The van der Waals surface area contributed by atoms with E-state index in [4.69, 9.17) is 11.6 Å². The van der Waals surface area contributed by atoms with Crippen molar-refractivity contribution in [1.29, 1.82) is 0 Å². The third-order valence-electron chi connectivity index (χ3n) is 3.65. The van der Waals surface area contributed by atoms with Gasteiger partial charge in [-0.1, -0.05) is 48.0 Å². The van der Waals surface area contributed by atoms with Crippen LogP contribution in [-0.4, -0.2) is 20.8 Å². The lowest BCUT2D eigenvalue weighted by atomic mass is 10.1. The molecule has 0 spiro atoms. The summed E-state index contributed by atoms with van der Waals surface area (Å²) in [5.74, 6) is -0.641. The molecule has 0 radical (unpaired) electrons. The van der Waals surface area contributed by atoms with E-state index in [0.29, 0.717) is 5.02 Å². The number of hydrogen-bond donors (Lipinski definition) is 2. The SMILES string of the molecule is CC(NC(=O)c1nn(-c2ccccc2)cc1O)c1ccccc1Cl. The van der Waals surface area contributed by atoms with E-state index in [1.807, 2.05) is 55.5 Å². The van der Waals surface area contributed by atoms with Gasteiger partial charge in [0.1, 0.15) is 0 Å². The summed E-state index contributed by atoms with van der Waals surface area (Å²) >= 11 is 6.14. The maximum atomic E-state index is 12.4. The molecule has 0 aliphatic carbocycles. The lowest BCUT2D eigenvalue weighted by molar-refractivity contribution is 0.0932. The van der Waals surface area contributed by atoms with Crippen molar-refractivity contribution < 1.29 is 9.90 Å². The number of nitrogens with zero attached hydrogens (tertiary/aromatic N) is 2. The van der Waals surface area contributed by atoms with Crippen LogP contribution in [0.3, 0.4) is 0 Å². The average molecular weight is 342 g/mol. The van der Waals surface area contributed by atoms with E-state index < -0.39 is 5.91 Å². The number of rotatable bonds is 4. The molecule has 122 valence electrons. The lowest BCUT2D eigenvalue weighted by Crippen LogP contribution is -2.27. The Hall–Kier alpha value is -2.79. The molecule has 1 heterocycles. The second kappa shape index (κ2) is 6.76. The summed E-state index contributed by atoms with van der Waals surface area (Å²) in [6.45, 7) is 1.82. The van der Waals surface area contributed by atoms with Crippen molar-refractivity contribution in [1.82, 2.24) is 15.1 Å².